The van der Waals surface area contributed by atoms with Crippen LogP contribution in [0.5, 0.6) is 0 Å². The van der Waals surface area contributed by atoms with Crippen LogP contribution in [-0.4, -0.2) is 9.97 Å². The number of oxazole rings is 1. The van der Waals surface area contributed by atoms with Crippen LogP contribution in [0, 0.1) is 6.92 Å². The van der Waals surface area contributed by atoms with E-state index in [1.54, 1.807) is 0 Å². The lowest BCUT2D eigenvalue weighted by atomic mass is 9.97. The predicted octanol–water partition coefficient (Wildman–Crippen LogP) is 7.95. The summed E-state index contributed by atoms with van der Waals surface area (Å²) in [6.07, 6.45) is 7.46. The van der Waals surface area contributed by atoms with Gasteiger partial charge < -0.3 is 9.40 Å². The maximum Gasteiger partial charge on any atom is 0.227 e. The Morgan fingerprint density at radius 2 is 1.67 bits per heavy atom. The molecule has 1 N–H and O–H groups in total. The first-order valence-corrected chi connectivity index (χ1v) is 11.2. The van der Waals surface area contributed by atoms with Crippen molar-refractivity contribution < 1.29 is 4.42 Å². The Balaban J connectivity index is 1.71. The van der Waals surface area contributed by atoms with Crippen LogP contribution in [-0.2, 0) is 6.42 Å². The first-order chi connectivity index (χ1) is 14.8. The van der Waals surface area contributed by atoms with E-state index in [0.717, 1.165) is 28.6 Å². The maximum atomic E-state index is 6.37. The van der Waals surface area contributed by atoms with Gasteiger partial charge in [0, 0.05) is 21.9 Å². The number of unbranched alkanes of at least 4 members (excludes halogenated alkanes) is 4. The Hall–Kier alpha value is -3.07. The fraction of sp³-hybridized carbons (Fsp3) is 0.296. The second kappa shape index (κ2) is 7.98. The van der Waals surface area contributed by atoms with E-state index in [1.165, 1.54) is 59.5 Å². The number of aromatic nitrogens is 2. The van der Waals surface area contributed by atoms with Crippen LogP contribution < -0.4 is 0 Å². The van der Waals surface area contributed by atoms with Gasteiger partial charge in [-0.1, -0.05) is 69.0 Å². The zero-order valence-electron chi connectivity index (χ0n) is 17.8. The lowest BCUT2D eigenvalue weighted by molar-refractivity contribution is 0.614. The van der Waals surface area contributed by atoms with Crippen LogP contribution >= 0.6 is 0 Å². The van der Waals surface area contributed by atoms with Gasteiger partial charge in [-0.05, 0) is 49.1 Å². The van der Waals surface area contributed by atoms with Gasteiger partial charge >= 0.3 is 0 Å². The summed E-state index contributed by atoms with van der Waals surface area (Å²) in [6, 6.07) is 18.7. The molecule has 0 aliphatic rings. The normalized spacial score (nSPS) is 11.8. The molecule has 5 aromatic rings. The Morgan fingerprint density at radius 1 is 0.900 bits per heavy atom. The second-order valence-corrected chi connectivity index (χ2v) is 8.25. The Bertz CT molecular complexity index is 1310. The smallest absolute Gasteiger partial charge is 0.227 e. The minimum Gasteiger partial charge on any atom is -0.436 e. The van der Waals surface area contributed by atoms with E-state index >= 15 is 0 Å². The summed E-state index contributed by atoms with van der Waals surface area (Å²) in [5.41, 5.74) is 7.89. The molecule has 5 rings (SSSR count). The largest absolute Gasteiger partial charge is 0.436 e. The molecule has 2 heterocycles. The summed E-state index contributed by atoms with van der Waals surface area (Å²) >= 11 is 0. The first kappa shape index (κ1) is 18.9. The molecule has 2 aromatic heterocycles. The van der Waals surface area contributed by atoms with Crippen LogP contribution in [0.4, 0.5) is 0 Å². The number of nitrogens with zero attached hydrogens (tertiary/aromatic N) is 1. The SMILES string of the molecule is CCCCCCCc1c(C)c2oc(-c3ccccc3)nc2c2c1[nH]c1ccccc12. The molecule has 3 heteroatoms. The molecule has 0 radical (unpaired) electrons. The van der Waals surface area contributed by atoms with Crippen molar-refractivity contribution in [3.63, 3.8) is 0 Å². The number of para-hydroxylation sites is 1. The van der Waals surface area contributed by atoms with Gasteiger partial charge in [0.2, 0.25) is 5.89 Å². The molecule has 3 aromatic carbocycles. The molecule has 0 spiro atoms. The van der Waals surface area contributed by atoms with Gasteiger partial charge in [-0.3, -0.25) is 0 Å². The van der Waals surface area contributed by atoms with Crippen LogP contribution in [0.3, 0.4) is 0 Å². The number of aromatic amines is 1. The molecule has 0 fully saturated rings. The van der Waals surface area contributed by atoms with Gasteiger partial charge in [0.05, 0.1) is 5.52 Å². The monoisotopic (exact) mass is 396 g/mol. The quantitative estimate of drug-likeness (QED) is 0.284. The summed E-state index contributed by atoms with van der Waals surface area (Å²) in [6.45, 7) is 4.45. The van der Waals surface area contributed by atoms with Gasteiger partial charge in [-0.25, -0.2) is 4.98 Å². The molecule has 152 valence electrons. The number of rotatable bonds is 7. The third kappa shape index (κ3) is 3.19. The van der Waals surface area contributed by atoms with Gasteiger partial charge in [0.1, 0.15) is 5.52 Å². The molecule has 30 heavy (non-hydrogen) atoms. The molecule has 0 unspecified atom stereocenters. The molecule has 0 atom stereocenters. The number of fused-ring (bicyclic) bond motifs is 5. The van der Waals surface area contributed by atoms with Crippen molar-refractivity contribution in [1.82, 2.24) is 9.97 Å². The summed E-state index contributed by atoms with van der Waals surface area (Å²) in [5, 5.41) is 2.42. The number of benzene rings is 3. The maximum absolute atomic E-state index is 6.37. The molecule has 0 bridgehead atoms. The lowest BCUT2D eigenvalue weighted by Gasteiger charge is -2.09. The highest BCUT2D eigenvalue weighted by atomic mass is 16.3. The highest BCUT2D eigenvalue weighted by Gasteiger charge is 2.21. The number of H-pyrrole nitrogens is 1. The Kier molecular flexibility index (Phi) is 5.04. The van der Waals surface area contributed by atoms with Crippen molar-refractivity contribution in [2.45, 2.75) is 52.4 Å². The van der Waals surface area contributed by atoms with E-state index in [2.05, 4.69) is 55.2 Å². The first-order valence-electron chi connectivity index (χ1n) is 11.2. The van der Waals surface area contributed by atoms with Crippen LogP contribution in [0.1, 0.15) is 50.2 Å². The summed E-state index contributed by atoms with van der Waals surface area (Å²) in [4.78, 5) is 8.67. The van der Waals surface area contributed by atoms with Crippen molar-refractivity contribution in [3.05, 3.63) is 65.7 Å². The number of aryl methyl sites for hydroxylation is 2. The number of hydrogen-bond acceptors (Lipinski definition) is 2. The standard InChI is InChI=1S/C27H28N2O/c1-3-4-5-6-10-15-20-18(2)26-25(29-27(30-26)19-13-8-7-9-14-19)23-21-16-11-12-17-22(21)28-24(20)23/h7-9,11-14,16-17,28H,3-6,10,15H2,1-2H3. The molecule has 0 amide bonds. The van der Waals surface area contributed by atoms with Gasteiger partial charge in [-0.2, -0.15) is 0 Å². The van der Waals surface area contributed by atoms with Crippen LogP contribution in [0.2, 0.25) is 0 Å². The van der Waals surface area contributed by atoms with E-state index < -0.39 is 0 Å². The van der Waals surface area contributed by atoms with Crippen molar-refractivity contribution in [3.8, 4) is 11.5 Å². The van der Waals surface area contributed by atoms with Gasteiger partial charge in [-0.15, -0.1) is 0 Å². The number of nitrogens with one attached hydrogen (secondary N) is 1. The summed E-state index contributed by atoms with van der Waals surface area (Å²) in [5.74, 6) is 0.695. The van der Waals surface area contributed by atoms with Crippen molar-refractivity contribution in [1.29, 1.82) is 0 Å². The number of hydrogen-bond donors (Lipinski definition) is 1. The van der Waals surface area contributed by atoms with E-state index in [-0.39, 0.29) is 0 Å². The Labute approximate surface area is 177 Å². The molecule has 0 saturated carbocycles. The predicted molar refractivity (Wildman–Crippen MR) is 126 cm³/mol. The average molecular weight is 397 g/mol. The second-order valence-electron chi connectivity index (χ2n) is 8.25. The zero-order chi connectivity index (χ0) is 20.5. The fourth-order valence-corrected chi connectivity index (χ4v) is 4.60. The minimum absolute atomic E-state index is 0.695. The molecule has 3 nitrogen and oxygen atoms in total. The van der Waals surface area contributed by atoms with E-state index in [0.29, 0.717) is 5.89 Å². The van der Waals surface area contributed by atoms with E-state index in [9.17, 15) is 0 Å². The minimum atomic E-state index is 0.695. The molecule has 0 aliphatic carbocycles. The molecule has 0 saturated heterocycles. The molecule has 0 aliphatic heterocycles. The summed E-state index contributed by atoms with van der Waals surface area (Å²) < 4.78 is 6.37. The van der Waals surface area contributed by atoms with Gasteiger partial charge in [0.15, 0.2) is 5.58 Å². The average Bonchev–Trinajstić information content (AvgIpc) is 3.38. The van der Waals surface area contributed by atoms with Crippen molar-refractivity contribution >= 4 is 32.9 Å². The van der Waals surface area contributed by atoms with E-state index in [4.69, 9.17) is 9.40 Å². The molecular formula is C27H28N2O. The van der Waals surface area contributed by atoms with Gasteiger partial charge in [0.25, 0.3) is 0 Å². The van der Waals surface area contributed by atoms with Crippen molar-refractivity contribution in [2.24, 2.45) is 0 Å². The zero-order valence-corrected chi connectivity index (χ0v) is 17.8. The van der Waals surface area contributed by atoms with Crippen LogP contribution in [0.15, 0.2) is 59.0 Å². The topological polar surface area (TPSA) is 41.8 Å². The van der Waals surface area contributed by atoms with Crippen LogP contribution in [0.25, 0.3) is 44.4 Å². The highest BCUT2D eigenvalue weighted by Crippen LogP contribution is 2.39. The fourth-order valence-electron chi connectivity index (χ4n) is 4.60. The third-order valence-electron chi connectivity index (χ3n) is 6.22. The summed E-state index contributed by atoms with van der Waals surface area (Å²) in [7, 11) is 0. The third-order valence-corrected chi connectivity index (χ3v) is 6.22. The van der Waals surface area contributed by atoms with E-state index in [1.807, 2.05) is 18.2 Å². The Morgan fingerprint density at radius 3 is 2.50 bits per heavy atom. The highest BCUT2D eigenvalue weighted by molar-refractivity contribution is 6.20. The lowest BCUT2D eigenvalue weighted by Crippen LogP contribution is -1.94. The molecular weight excluding hydrogens is 368 g/mol. The van der Waals surface area contributed by atoms with Crippen molar-refractivity contribution in [2.75, 3.05) is 0 Å².